The van der Waals surface area contributed by atoms with Crippen molar-refractivity contribution in [3.8, 4) is 5.75 Å². The Morgan fingerprint density at radius 3 is 2.39 bits per heavy atom. The number of phenols is 1. The van der Waals surface area contributed by atoms with Crippen LogP contribution < -0.4 is 0 Å². The van der Waals surface area contributed by atoms with E-state index >= 15 is 0 Å². The zero-order valence-electron chi connectivity index (χ0n) is 11.9. The molecule has 0 aliphatic rings. The molecule has 1 aromatic rings. The van der Waals surface area contributed by atoms with Crippen LogP contribution in [0.4, 0.5) is 4.39 Å². The molecule has 0 spiro atoms. The Morgan fingerprint density at radius 1 is 1.28 bits per heavy atom. The van der Waals surface area contributed by atoms with Crippen LogP contribution in [0.3, 0.4) is 0 Å². The van der Waals surface area contributed by atoms with Crippen molar-refractivity contribution in [1.29, 1.82) is 0 Å². The van der Waals surface area contributed by atoms with Crippen molar-refractivity contribution >= 4 is 8.32 Å². The lowest BCUT2D eigenvalue weighted by molar-refractivity contribution is 0.291. The first kappa shape index (κ1) is 15.2. The molecule has 102 valence electrons. The Kier molecular flexibility index (Phi) is 4.56. The normalized spacial score (nSPS) is 12.8. The molecule has 18 heavy (non-hydrogen) atoms. The summed E-state index contributed by atoms with van der Waals surface area (Å²) in [6, 6.07) is 4.48. The van der Waals surface area contributed by atoms with Crippen molar-refractivity contribution in [2.24, 2.45) is 0 Å². The van der Waals surface area contributed by atoms with E-state index in [1.807, 2.05) is 0 Å². The minimum absolute atomic E-state index is 0.188. The van der Waals surface area contributed by atoms with Crippen molar-refractivity contribution < 1.29 is 13.9 Å². The van der Waals surface area contributed by atoms with E-state index < -0.39 is 14.1 Å². The van der Waals surface area contributed by atoms with E-state index in [2.05, 4.69) is 33.9 Å². The fourth-order valence-electron chi connectivity index (χ4n) is 1.35. The second-order valence-electron chi connectivity index (χ2n) is 6.14. The standard InChI is InChI=1S/C14H23FO2Si/c1-14(2,3)18(4,5)17-9-8-11-6-7-13(16)12(15)10-11/h6-7,10,16H,8-9H2,1-5H3. The predicted molar refractivity (Wildman–Crippen MR) is 74.9 cm³/mol. The van der Waals surface area contributed by atoms with E-state index in [9.17, 15) is 4.39 Å². The average molecular weight is 270 g/mol. The van der Waals surface area contributed by atoms with Gasteiger partial charge in [-0.1, -0.05) is 26.8 Å². The first-order valence-corrected chi connectivity index (χ1v) is 9.16. The molecule has 0 saturated heterocycles. The highest BCUT2D eigenvalue weighted by molar-refractivity contribution is 6.74. The topological polar surface area (TPSA) is 29.5 Å². The lowest BCUT2D eigenvalue weighted by Gasteiger charge is -2.36. The van der Waals surface area contributed by atoms with Crippen LogP contribution in [-0.2, 0) is 10.8 Å². The number of hydrogen-bond donors (Lipinski definition) is 1. The van der Waals surface area contributed by atoms with Gasteiger partial charge in [0.25, 0.3) is 0 Å². The van der Waals surface area contributed by atoms with E-state index in [1.165, 1.54) is 12.1 Å². The van der Waals surface area contributed by atoms with Crippen molar-refractivity contribution in [3.63, 3.8) is 0 Å². The van der Waals surface area contributed by atoms with E-state index in [-0.39, 0.29) is 10.8 Å². The Labute approximate surface area is 110 Å². The van der Waals surface area contributed by atoms with Crippen LogP contribution in [0.2, 0.25) is 18.1 Å². The number of aromatic hydroxyl groups is 1. The maximum Gasteiger partial charge on any atom is 0.191 e. The molecule has 0 bridgehead atoms. The van der Waals surface area contributed by atoms with E-state index in [0.29, 0.717) is 13.0 Å². The summed E-state index contributed by atoms with van der Waals surface area (Å²) in [5.41, 5.74) is 0.851. The third kappa shape index (κ3) is 3.82. The summed E-state index contributed by atoms with van der Waals surface area (Å²) in [5.74, 6) is -0.871. The molecule has 2 nitrogen and oxygen atoms in total. The van der Waals surface area contributed by atoms with Gasteiger partial charge in [0.05, 0.1) is 0 Å². The van der Waals surface area contributed by atoms with Crippen LogP contribution in [-0.4, -0.2) is 20.0 Å². The van der Waals surface area contributed by atoms with Crippen molar-refractivity contribution in [3.05, 3.63) is 29.6 Å². The Hall–Kier alpha value is -0.873. The van der Waals surface area contributed by atoms with Crippen LogP contribution in [0, 0.1) is 5.82 Å². The lowest BCUT2D eigenvalue weighted by Crippen LogP contribution is -2.41. The van der Waals surface area contributed by atoms with Gasteiger partial charge >= 0.3 is 0 Å². The second-order valence-corrected chi connectivity index (χ2v) is 11.0. The molecule has 0 aromatic heterocycles. The zero-order valence-corrected chi connectivity index (χ0v) is 12.9. The first-order valence-electron chi connectivity index (χ1n) is 6.25. The van der Waals surface area contributed by atoms with Gasteiger partial charge in [-0.3, -0.25) is 0 Å². The summed E-state index contributed by atoms with van der Waals surface area (Å²) in [5, 5.41) is 9.29. The minimum atomic E-state index is -1.73. The Bertz CT molecular complexity index is 411. The molecule has 1 aromatic carbocycles. The number of hydrogen-bond acceptors (Lipinski definition) is 2. The van der Waals surface area contributed by atoms with Crippen LogP contribution in [0.15, 0.2) is 18.2 Å². The first-order chi connectivity index (χ1) is 8.13. The van der Waals surface area contributed by atoms with Crippen LogP contribution in [0.1, 0.15) is 26.3 Å². The van der Waals surface area contributed by atoms with Gasteiger partial charge in [0.15, 0.2) is 19.9 Å². The lowest BCUT2D eigenvalue weighted by atomic mass is 10.1. The van der Waals surface area contributed by atoms with Gasteiger partial charge in [-0.15, -0.1) is 0 Å². The SMILES string of the molecule is CC(C)(C)[Si](C)(C)OCCc1ccc(O)c(F)c1. The van der Waals surface area contributed by atoms with Crippen LogP contribution in [0.5, 0.6) is 5.75 Å². The summed E-state index contributed by atoms with van der Waals surface area (Å²) in [4.78, 5) is 0. The third-order valence-corrected chi connectivity index (χ3v) is 8.21. The molecule has 0 aliphatic heterocycles. The van der Waals surface area contributed by atoms with Crippen LogP contribution >= 0.6 is 0 Å². The molecule has 0 atom stereocenters. The molecule has 0 unspecified atom stereocenters. The van der Waals surface area contributed by atoms with Gasteiger partial charge in [0.1, 0.15) is 0 Å². The fourth-order valence-corrected chi connectivity index (χ4v) is 2.39. The van der Waals surface area contributed by atoms with Crippen LogP contribution in [0.25, 0.3) is 0 Å². The minimum Gasteiger partial charge on any atom is -0.505 e. The molecule has 0 aliphatic carbocycles. The molecule has 0 fully saturated rings. The number of rotatable bonds is 4. The summed E-state index contributed by atoms with van der Waals surface area (Å²) < 4.78 is 19.2. The molecule has 1 rings (SSSR count). The maximum atomic E-state index is 13.1. The molecular formula is C14H23FO2Si. The summed E-state index contributed by atoms with van der Waals surface area (Å²) in [6.07, 6.45) is 0.670. The third-order valence-electron chi connectivity index (χ3n) is 3.67. The van der Waals surface area contributed by atoms with Crippen molar-refractivity contribution in [2.75, 3.05) is 6.61 Å². The largest absolute Gasteiger partial charge is 0.505 e. The summed E-state index contributed by atoms with van der Waals surface area (Å²) >= 11 is 0. The quantitative estimate of drug-likeness (QED) is 0.835. The number of benzene rings is 1. The second kappa shape index (κ2) is 5.41. The van der Waals surface area contributed by atoms with Crippen molar-refractivity contribution in [1.82, 2.24) is 0 Å². The smallest absolute Gasteiger partial charge is 0.191 e. The van der Waals surface area contributed by atoms with Gasteiger partial charge in [0, 0.05) is 6.61 Å². The molecular weight excluding hydrogens is 247 g/mol. The van der Waals surface area contributed by atoms with E-state index in [0.717, 1.165) is 5.56 Å². The molecule has 0 radical (unpaired) electrons. The zero-order chi connectivity index (χ0) is 14.0. The monoisotopic (exact) mass is 270 g/mol. The molecule has 0 amide bonds. The molecule has 1 N–H and O–H groups in total. The van der Waals surface area contributed by atoms with Gasteiger partial charge in [-0.25, -0.2) is 4.39 Å². The maximum absolute atomic E-state index is 13.1. The van der Waals surface area contributed by atoms with Gasteiger partial charge in [0.2, 0.25) is 0 Å². The van der Waals surface area contributed by atoms with E-state index in [1.54, 1.807) is 6.07 Å². The highest BCUT2D eigenvalue weighted by Gasteiger charge is 2.36. The Balaban J connectivity index is 2.54. The molecule has 0 heterocycles. The van der Waals surface area contributed by atoms with Gasteiger partial charge in [-0.05, 0) is 42.2 Å². The van der Waals surface area contributed by atoms with E-state index in [4.69, 9.17) is 9.53 Å². The summed E-state index contributed by atoms with van der Waals surface area (Å²) in [7, 11) is -1.73. The van der Waals surface area contributed by atoms with Crippen molar-refractivity contribution in [2.45, 2.75) is 45.3 Å². The molecule has 0 saturated carbocycles. The molecule has 4 heteroatoms. The predicted octanol–water partition coefficient (Wildman–Crippen LogP) is 4.10. The highest BCUT2D eigenvalue weighted by Crippen LogP contribution is 2.36. The number of halogens is 1. The highest BCUT2D eigenvalue weighted by atomic mass is 28.4. The van der Waals surface area contributed by atoms with Gasteiger partial charge in [-0.2, -0.15) is 0 Å². The Morgan fingerprint density at radius 2 is 1.89 bits per heavy atom. The average Bonchev–Trinajstić information content (AvgIpc) is 2.21. The fraction of sp³-hybridized carbons (Fsp3) is 0.571. The number of phenolic OH excluding ortho intramolecular Hbond substituents is 1. The summed E-state index contributed by atoms with van der Waals surface area (Å²) in [6.45, 7) is 11.6. The van der Waals surface area contributed by atoms with Gasteiger partial charge < -0.3 is 9.53 Å².